The van der Waals surface area contributed by atoms with Crippen LogP contribution in [0, 0.1) is 0 Å². The molecular weight excluding hydrogens is 265 g/mol. The zero-order valence-electron chi connectivity index (χ0n) is 9.92. The number of Topliss-reactive ketones (excluding diaryl/α,β-unsaturated/α-hetero) is 1. The average molecular weight is 281 g/mol. The largest absolute Gasteiger partial charge is 0.428 e. The molecule has 0 bridgehead atoms. The molecule has 0 aromatic rings. The summed E-state index contributed by atoms with van der Waals surface area (Å²) in [4.78, 5) is 49.9. The summed E-state index contributed by atoms with van der Waals surface area (Å²) in [6.07, 6.45) is -0.473. The number of esters is 1. The van der Waals surface area contributed by atoms with Crippen molar-refractivity contribution in [2.24, 2.45) is 0 Å². The zero-order valence-corrected chi connectivity index (χ0v) is 10.8. The van der Waals surface area contributed by atoms with E-state index in [1.807, 2.05) is 0 Å². The lowest BCUT2D eigenvalue weighted by Crippen LogP contribution is -2.31. The Morgan fingerprint density at radius 1 is 1.22 bits per heavy atom. The summed E-state index contributed by atoms with van der Waals surface area (Å²) in [5.74, 6) is -1.02. The second-order valence-electron chi connectivity index (χ2n) is 3.24. The van der Waals surface area contributed by atoms with Gasteiger partial charge in [0.1, 0.15) is 0 Å². The van der Waals surface area contributed by atoms with E-state index in [1.165, 1.54) is 0 Å². The molecule has 0 spiro atoms. The number of carbonyl (C=O) groups is 3. The fraction of sp³-hybridized carbons (Fsp3) is 0.667. The van der Waals surface area contributed by atoms with Crippen LogP contribution in [0.1, 0.15) is 19.8 Å². The van der Waals surface area contributed by atoms with Crippen molar-refractivity contribution in [3.8, 4) is 0 Å². The standard InChI is InChI=1S/C9H16NO7P/c1-2-3-8(12)16-6-17-9(13)10-4-7(11)5-18(14)15/h14-15H,2-6H2,1H3,(H,10,13). The maximum Gasteiger partial charge on any atom is 0.410 e. The second kappa shape index (κ2) is 9.76. The molecule has 0 aliphatic carbocycles. The van der Waals surface area contributed by atoms with E-state index in [4.69, 9.17) is 9.79 Å². The van der Waals surface area contributed by atoms with E-state index in [0.717, 1.165) is 0 Å². The number of ketones is 1. The van der Waals surface area contributed by atoms with Gasteiger partial charge in [0.05, 0.1) is 12.7 Å². The lowest BCUT2D eigenvalue weighted by Gasteiger charge is -2.07. The van der Waals surface area contributed by atoms with Gasteiger partial charge >= 0.3 is 12.1 Å². The number of amides is 1. The van der Waals surface area contributed by atoms with E-state index in [2.05, 4.69) is 14.8 Å². The zero-order chi connectivity index (χ0) is 14.0. The van der Waals surface area contributed by atoms with Crippen LogP contribution in [0.5, 0.6) is 0 Å². The van der Waals surface area contributed by atoms with Gasteiger partial charge in [-0.2, -0.15) is 0 Å². The van der Waals surface area contributed by atoms with Gasteiger partial charge in [0.15, 0.2) is 14.2 Å². The fourth-order valence-corrected chi connectivity index (χ4v) is 1.29. The number of hydrogen-bond acceptors (Lipinski definition) is 7. The van der Waals surface area contributed by atoms with Crippen LogP contribution < -0.4 is 5.32 Å². The molecule has 9 heteroatoms. The summed E-state index contributed by atoms with van der Waals surface area (Å²) >= 11 is 0. The number of hydrogen-bond donors (Lipinski definition) is 3. The van der Waals surface area contributed by atoms with E-state index in [-0.39, 0.29) is 13.0 Å². The number of alkyl carbamates (subject to hydrolysis) is 1. The van der Waals surface area contributed by atoms with Gasteiger partial charge in [-0.1, -0.05) is 6.92 Å². The molecule has 0 fully saturated rings. The first kappa shape index (κ1) is 16.8. The minimum absolute atomic E-state index is 0.236. The van der Waals surface area contributed by atoms with Crippen LogP contribution in [0.25, 0.3) is 0 Å². The number of carbonyl (C=O) groups excluding carboxylic acids is 3. The monoisotopic (exact) mass is 281 g/mol. The van der Waals surface area contributed by atoms with Crippen LogP contribution in [0.2, 0.25) is 0 Å². The van der Waals surface area contributed by atoms with Crippen molar-refractivity contribution in [3.63, 3.8) is 0 Å². The van der Waals surface area contributed by atoms with E-state index < -0.39 is 39.2 Å². The molecular formula is C9H16NO7P. The average Bonchev–Trinajstić information content (AvgIpc) is 2.26. The van der Waals surface area contributed by atoms with Gasteiger partial charge in [-0.05, 0) is 6.42 Å². The third kappa shape index (κ3) is 9.95. The minimum Gasteiger partial charge on any atom is -0.428 e. The molecule has 0 aliphatic rings. The molecule has 0 saturated heterocycles. The van der Waals surface area contributed by atoms with E-state index in [1.54, 1.807) is 6.92 Å². The molecule has 1 amide bonds. The SMILES string of the molecule is CCCC(=O)OCOC(=O)NCC(=O)CP(O)O. The first-order chi connectivity index (χ1) is 8.45. The van der Waals surface area contributed by atoms with Crippen LogP contribution in [-0.4, -0.2) is 47.1 Å². The smallest absolute Gasteiger partial charge is 0.410 e. The Balaban J connectivity index is 3.60. The van der Waals surface area contributed by atoms with E-state index in [0.29, 0.717) is 6.42 Å². The van der Waals surface area contributed by atoms with Crippen LogP contribution in [0.4, 0.5) is 4.79 Å². The van der Waals surface area contributed by atoms with Gasteiger partial charge in [-0.15, -0.1) is 0 Å². The van der Waals surface area contributed by atoms with Crippen molar-refractivity contribution in [1.29, 1.82) is 0 Å². The van der Waals surface area contributed by atoms with Crippen LogP contribution in [0.3, 0.4) is 0 Å². The lowest BCUT2D eigenvalue weighted by molar-refractivity contribution is -0.151. The summed E-state index contributed by atoms with van der Waals surface area (Å²) in [7, 11) is -2.31. The molecule has 0 saturated carbocycles. The van der Waals surface area contributed by atoms with Gasteiger partial charge < -0.3 is 24.6 Å². The molecule has 0 aromatic heterocycles. The van der Waals surface area contributed by atoms with Crippen LogP contribution in [0.15, 0.2) is 0 Å². The molecule has 0 aliphatic heterocycles. The minimum atomic E-state index is -2.31. The van der Waals surface area contributed by atoms with Crippen molar-refractivity contribution in [1.82, 2.24) is 5.32 Å². The number of rotatable bonds is 8. The Kier molecular flexibility index (Phi) is 9.08. The molecule has 0 heterocycles. The summed E-state index contributed by atoms with van der Waals surface area (Å²) in [6, 6.07) is 0. The van der Waals surface area contributed by atoms with Gasteiger partial charge in [0.2, 0.25) is 6.79 Å². The highest BCUT2D eigenvalue weighted by Crippen LogP contribution is 2.21. The van der Waals surface area contributed by atoms with Crippen molar-refractivity contribution < 1.29 is 33.6 Å². The third-order valence-corrected chi connectivity index (χ3v) is 2.25. The second-order valence-corrected chi connectivity index (χ2v) is 4.30. The number of nitrogens with one attached hydrogen (secondary N) is 1. The third-order valence-electron chi connectivity index (χ3n) is 1.61. The Morgan fingerprint density at radius 2 is 1.89 bits per heavy atom. The molecule has 0 radical (unpaired) electrons. The molecule has 104 valence electrons. The summed E-state index contributed by atoms with van der Waals surface area (Å²) in [5.41, 5.74) is 0. The van der Waals surface area contributed by atoms with Crippen LogP contribution in [-0.2, 0) is 19.1 Å². The molecule has 0 unspecified atom stereocenters. The Hall–Kier alpha value is -1.24. The van der Waals surface area contributed by atoms with Gasteiger partial charge in [0, 0.05) is 6.42 Å². The van der Waals surface area contributed by atoms with E-state index in [9.17, 15) is 14.4 Å². The molecule has 0 aromatic carbocycles. The molecule has 18 heavy (non-hydrogen) atoms. The van der Waals surface area contributed by atoms with Crippen molar-refractivity contribution in [2.75, 3.05) is 19.5 Å². The maximum atomic E-state index is 11.0. The summed E-state index contributed by atoms with van der Waals surface area (Å²) < 4.78 is 8.99. The fourth-order valence-electron chi connectivity index (χ4n) is 0.860. The quantitative estimate of drug-likeness (QED) is 0.322. The van der Waals surface area contributed by atoms with Gasteiger partial charge in [-0.3, -0.25) is 9.59 Å². The Bertz CT molecular complexity index is 295. The van der Waals surface area contributed by atoms with Crippen molar-refractivity contribution in [2.45, 2.75) is 19.8 Å². The lowest BCUT2D eigenvalue weighted by atomic mass is 10.3. The predicted molar refractivity (Wildman–Crippen MR) is 61.6 cm³/mol. The van der Waals surface area contributed by atoms with Gasteiger partial charge in [0.25, 0.3) is 0 Å². The Labute approximate surface area is 105 Å². The predicted octanol–water partition coefficient (Wildman–Crippen LogP) is -0.121. The molecule has 0 atom stereocenters. The summed E-state index contributed by atoms with van der Waals surface area (Å²) in [5, 5.41) is 2.08. The van der Waals surface area contributed by atoms with E-state index >= 15 is 0 Å². The first-order valence-corrected chi connectivity index (χ1v) is 6.62. The highest BCUT2D eigenvalue weighted by atomic mass is 31.2. The molecule has 0 rings (SSSR count). The first-order valence-electron chi connectivity index (χ1n) is 5.19. The Morgan fingerprint density at radius 3 is 2.44 bits per heavy atom. The van der Waals surface area contributed by atoms with Gasteiger partial charge in [-0.25, -0.2) is 4.79 Å². The highest BCUT2D eigenvalue weighted by molar-refractivity contribution is 7.46. The summed E-state index contributed by atoms with van der Waals surface area (Å²) in [6.45, 7) is 0.908. The van der Waals surface area contributed by atoms with Crippen LogP contribution >= 0.6 is 8.38 Å². The number of ether oxygens (including phenoxy) is 2. The maximum absolute atomic E-state index is 11.0. The molecule has 3 N–H and O–H groups in total. The highest BCUT2D eigenvalue weighted by Gasteiger charge is 2.11. The molecule has 8 nitrogen and oxygen atoms in total. The van der Waals surface area contributed by atoms with Crippen molar-refractivity contribution >= 4 is 26.2 Å². The topological polar surface area (TPSA) is 122 Å². The van der Waals surface area contributed by atoms with Crippen molar-refractivity contribution in [3.05, 3.63) is 0 Å². The normalized spacial score (nSPS) is 10.0.